The minimum Gasteiger partial charge on any atom is -0.392 e. The van der Waals surface area contributed by atoms with E-state index in [0.717, 1.165) is 18.4 Å². The van der Waals surface area contributed by atoms with Gasteiger partial charge in [-0.1, -0.05) is 40.2 Å². The molecule has 0 aromatic carbocycles. The predicted octanol–water partition coefficient (Wildman–Crippen LogP) is 3.67. The highest BCUT2D eigenvalue weighted by Crippen LogP contribution is 2.63. The number of rotatable bonds is 5. The third-order valence-corrected chi connectivity index (χ3v) is 7.33. The van der Waals surface area contributed by atoms with Gasteiger partial charge in [-0.2, -0.15) is 0 Å². The first kappa shape index (κ1) is 19.0. The molecule has 2 aliphatic rings. The number of hydrogen-bond donors (Lipinski definition) is 3. The fourth-order valence-electron chi connectivity index (χ4n) is 5.83. The Bertz CT molecular complexity index is 442. The van der Waals surface area contributed by atoms with Gasteiger partial charge in [0.1, 0.15) is 0 Å². The van der Waals surface area contributed by atoms with E-state index in [9.17, 15) is 10.2 Å². The van der Waals surface area contributed by atoms with Crippen LogP contribution < -0.4 is 0 Å². The summed E-state index contributed by atoms with van der Waals surface area (Å²) in [6.07, 6.45) is 8.87. The van der Waals surface area contributed by atoms with Crippen molar-refractivity contribution in [2.24, 2.45) is 22.7 Å². The molecule has 3 N–H and O–H groups in total. The van der Waals surface area contributed by atoms with Crippen LogP contribution in [0.3, 0.4) is 0 Å². The molecule has 2 saturated carbocycles. The van der Waals surface area contributed by atoms with E-state index in [1.807, 2.05) is 0 Å². The number of hydrogen-bond acceptors (Lipinski definition) is 3. The fraction of sp³-hybridized carbons (Fsp3) is 0.900. The van der Waals surface area contributed by atoms with Gasteiger partial charge < -0.3 is 15.3 Å². The van der Waals surface area contributed by atoms with Crippen LogP contribution in [0, 0.1) is 22.7 Å². The first-order valence-corrected chi connectivity index (χ1v) is 9.33. The highest BCUT2D eigenvalue weighted by molar-refractivity contribution is 5.13. The molecule has 0 aromatic heterocycles. The summed E-state index contributed by atoms with van der Waals surface area (Å²) in [5, 5.41) is 30.3. The number of aliphatic hydroxyl groups is 3. The van der Waals surface area contributed by atoms with Crippen molar-refractivity contribution in [3.63, 3.8) is 0 Å². The quantitative estimate of drug-likeness (QED) is 0.676. The molecule has 134 valence electrons. The van der Waals surface area contributed by atoms with Crippen LogP contribution >= 0.6 is 0 Å². The van der Waals surface area contributed by atoms with Crippen LogP contribution in [-0.2, 0) is 0 Å². The lowest BCUT2D eigenvalue weighted by Gasteiger charge is -2.63. The topological polar surface area (TPSA) is 60.7 Å². The second-order valence-electron chi connectivity index (χ2n) is 8.92. The zero-order valence-electron chi connectivity index (χ0n) is 15.4. The van der Waals surface area contributed by atoms with Crippen molar-refractivity contribution in [2.45, 2.75) is 78.2 Å². The molecule has 2 fully saturated rings. The van der Waals surface area contributed by atoms with Crippen molar-refractivity contribution in [2.75, 3.05) is 13.2 Å². The lowest BCUT2D eigenvalue weighted by atomic mass is 9.44. The molecule has 0 bridgehead atoms. The summed E-state index contributed by atoms with van der Waals surface area (Å²) in [6, 6.07) is 0. The molecule has 2 aliphatic carbocycles. The van der Waals surface area contributed by atoms with Gasteiger partial charge in [-0.3, -0.25) is 0 Å². The first-order chi connectivity index (χ1) is 10.7. The number of aliphatic hydroxyl groups excluding tert-OH is 2. The van der Waals surface area contributed by atoms with E-state index in [1.165, 1.54) is 19.3 Å². The standard InChI is InChI=1S/C20H36O3/c1-15-6-7-17-18(2,3)10-5-11-19(17,4)20(15,23)12-8-16(14-22)9-13-21/h9,15,17,21-23H,5-8,10-14H2,1-4H3/b16-9-/t15-,17-,19-,20+/m1/s1. The van der Waals surface area contributed by atoms with Crippen molar-refractivity contribution < 1.29 is 15.3 Å². The molecule has 0 amide bonds. The number of fused-ring (bicyclic) bond motifs is 1. The smallest absolute Gasteiger partial charge is 0.0732 e. The molecule has 0 aliphatic heterocycles. The summed E-state index contributed by atoms with van der Waals surface area (Å²) in [6.45, 7) is 9.17. The predicted molar refractivity (Wildman–Crippen MR) is 94.1 cm³/mol. The normalized spacial score (nSPS) is 40.7. The zero-order valence-corrected chi connectivity index (χ0v) is 15.4. The van der Waals surface area contributed by atoms with Crippen LogP contribution in [0.4, 0.5) is 0 Å². The molecule has 4 atom stereocenters. The Morgan fingerprint density at radius 3 is 2.43 bits per heavy atom. The van der Waals surface area contributed by atoms with Crippen molar-refractivity contribution >= 4 is 0 Å². The molecule has 0 spiro atoms. The SMILES string of the molecule is C[C@@H]1CC[C@@H]2C(C)(C)CCC[C@@]2(C)[C@]1(O)CC/C(=C/CO)CO. The Kier molecular flexibility index (Phi) is 5.65. The van der Waals surface area contributed by atoms with Gasteiger partial charge in [0.15, 0.2) is 0 Å². The highest BCUT2D eigenvalue weighted by Gasteiger charge is 2.60. The Balaban J connectivity index is 2.27. The van der Waals surface area contributed by atoms with Crippen molar-refractivity contribution in [3.05, 3.63) is 11.6 Å². The monoisotopic (exact) mass is 324 g/mol. The van der Waals surface area contributed by atoms with Crippen molar-refractivity contribution in [3.8, 4) is 0 Å². The van der Waals surface area contributed by atoms with E-state index in [-0.39, 0.29) is 24.5 Å². The van der Waals surface area contributed by atoms with Gasteiger partial charge in [0.2, 0.25) is 0 Å². The van der Waals surface area contributed by atoms with Gasteiger partial charge in [0.25, 0.3) is 0 Å². The molecule has 3 nitrogen and oxygen atoms in total. The molecular weight excluding hydrogens is 288 g/mol. The zero-order chi connectivity index (χ0) is 17.3. The van der Waals surface area contributed by atoms with Gasteiger partial charge in [0, 0.05) is 0 Å². The third kappa shape index (κ3) is 3.25. The summed E-state index contributed by atoms with van der Waals surface area (Å²) in [7, 11) is 0. The van der Waals surface area contributed by atoms with Crippen LogP contribution in [0.15, 0.2) is 11.6 Å². The largest absolute Gasteiger partial charge is 0.392 e. The van der Waals surface area contributed by atoms with E-state index in [1.54, 1.807) is 6.08 Å². The summed E-state index contributed by atoms with van der Waals surface area (Å²) >= 11 is 0. The molecule has 0 aromatic rings. The maximum Gasteiger partial charge on any atom is 0.0732 e. The maximum absolute atomic E-state index is 11.8. The van der Waals surface area contributed by atoms with E-state index >= 15 is 0 Å². The summed E-state index contributed by atoms with van der Waals surface area (Å²) < 4.78 is 0. The molecule has 0 radical (unpaired) electrons. The molecule has 0 saturated heterocycles. The van der Waals surface area contributed by atoms with Crippen LogP contribution in [-0.4, -0.2) is 34.1 Å². The van der Waals surface area contributed by atoms with E-state index in [4.69, 9.17) is 5.11 Å². The Hall–Kier alpha value is -0.380. The fourth-order valence-corrected chi connectivity index (χ4v) is 5.83. The Labute approximate surface area is 141 Å². The van der Waals surface area contributed by atoms with E-state index < -0.39 is 5.60 Å². The molecule has 0 heterocycles. The van der Waals surface area contributed by atoms with Crippen LogP contribution in [0.1, 0.15) is 72.6 Å². The molecule has 23 heavy (non-hydrogen) atoms. The van der Waals surface area contributed by atoms with Gasteiger partial charge in [-0.25, -0.2) is 0 Å². The molecular formula is C20H36O3. The van der Waals surface area contributed by atoms with E-state index in [2.05, 4.69) is 27.7 Å². The summed E-state index contributed by atoms with van der Waals surface area (Å²) in [5.41, 5.74) is 0.402. The van der Waals surface area contributed by atoms with Crippen LogP contribution in [0.5, 0.6) is 0 Å². The van der Waals surface area contributed by atoms with Crippen molar-refractivity contribution in [1.29, 1.82) is 0 Å². The lowest BCUT2D eigenvalue weighted by Crippen LogP contribution is -2.62. The third-order valence-electron chi connectivity index (χ3n) is 7.33. The lowest BCUT2D eigenvalue weighted by molar-refractivity contribution is -0.211. The molecule has 3 heteroatoms. The van der Waals surface area contributed by atoms with Gasteiger partial charge >= 0.3 is 0 Å². The van der Waals surface area contributed by atoms with Gasteiger partial charge in [-0.15, -0.1) is 0 Å². The van der Waals surface area contributed by atoms with Gasteiger partial charge in [-0.05, 0) is 66.8 Å². The van der Waals surface area contributed by atoms with Gasteiger partial charge in [0.05, 0.1) is 18.8 Å². The van der Waals surface area contributed by atoms with Crippen LogP contribution in [0.25, 0.3) is 0 Å². The van der Waals surface area contributed by atoms with E-state index in [0.29, 0.717) is 24.2 Å². The Morgan fingerprint density at radius 1 is 1.13 bits per heavy atom. The molecule has 2 rings (SSSR count). The first-order valence-electron chi connectivity index (χ1n) is 9.33. The average Bonchev–Trinajstić information content (AvgIpc) is 2.48. The summed E-state index contributed by atoms with van der Waals surface area (Å²) in [5.74, 6) is 0.844. The van der Waals surface area contributed by atoms with Crippen molar-refractivity contribution in [1.82, 2.24) is 0 Å². The molecule has 0 unspecified atom stereocenters. The summed E-state index contributed by atoms with van der Waals surface area (Å²) in [4.78, 5) is 0. The Morgan fingerprint density at radius 2 is 1.83 bits per heavy atom. The minimum absolute atomic E-state index is 0.0311. The highest BCUT2D eigenvalue weighted by atomic mass is 16.3. The van der Waals surface area contributed by atoms with Crippen LogP contribution in [0.2, 0.25) is 0 Å². The average molecular weight is 325 g/mol. The second kappa shape index (κ2) is 6.85. The maximum atomic E-state index is 11.8. The minimum atomic E-state index is -0.683. The second-order valence-corrected chi connectivity index (χ2v) is 8.92.